The second-order valence-corrected chi connectivity index (χ2v) is 8.30. The van der Waals surface area contributed by atoms with Crippen LogP contribution in [0.4, 0.5) is 10.1 Å². The van der Waals surface area contributed by atoms with Crippen molar-refractivity contribution in [2.45, 2.75) is 26.9 Å². The molecule has 2 aromatic carbocycles. The number of piperazine rings is 1. The van der Waals surface area contributed by atoms with Crippen molar-refractivity contribution in [2.75, 3.05) is 45.2 Å². The largest absolute Gasteiger partial charge is 0.383 e. The molecule has 4 rings (SSSR count). The molecule has 2 N–H and O–H groups in total. The average molecular weight is 439 g/mol. The monoisotopic (exact) mass is 438 g/mol. The number of carbonyl (C=O) groups excluding carboxylic acids is 1. The van der Waals surface area contributed by atoms with Crippen LogP contribution in [0.3, 0.4) is 0 Å². The first-order valence-electron chi connectivity index (χ1n) is 11.1. The molecule has 2 heterocycles. The summed E-state index contributed by atoms with van der Waals surface area (Å²) >= 11 is 0. The van der Waals surface area contributed by atoms with E-state index >= 15 is 0 Å². The Hall–Kier alpha value is -2.90. The number of ether oxygens (including phenoxy) is 1. The van der Waals surface area contributed by atoms with Crippen LogP contribution in [0, 0.1) is 19.7 Å². The van der Waals surface area contributed by atoms with Crippen LogP contribution in [0.15, 0.2) is 36.4 Å². The number of methoxy groups -OCH3 is 1. The molecule has 1 aliphatic heterocycles. The van der Waals surface area contributed by atoms with Gasteiger partial charge in [0, 0.05) is 63.0 Å². The van der Waals surface area contributed by atoms with Crippen molar-refractivity contribution in [3.05, 3.63) is 64.6 Å². The molecule has 1 amide bonds. The van der Waals surface area contributed by atoms with E-state index in [1.807, 2.05) is 17.0 Å². The first-order chi connectivity index (χ1) is 15.5. The highest BCUT2D eigenvalue weighted by atomic mass is 19.1. The molecule has 1 saturated heterocycles. The minimum absolute atomic E-state index is 0.0555. The molecule has 0 bridgehead atoms. The molecule has 0 spiro atoms. The lowest BCUT2D eigenvalue weighted by Gasteiger charge is -2.27. The van der Waals surface area contributed by atoms with Gasteiger partial charge in [0.2, 0.25) is 0 Å². The summed E-state index contributed by atoms with van der Waals surface area (Å²) in [4.78, 5) is 15.2. The molecule has 1 aromatic heterocycles. The minimum atomic E-state index is -0.251. The van der Waals surface area contributed by atoms with Crippen molar-refractivity contribution < 1.29 is 13.9 Å². The summed E-state index contributed by atoms with van der Waals surface area (Å²) in [6.45, 7) is 9.12. The third-order valence-electron chi connectivity index (χ3n) is 6.30. The predicted molar refractivity (Wildman–Crippen MR) is 126 cm³/mol. The number of nitrogens with zero attached hydrogens (tertiary/aromatic N) is 2. The third-order valence-corrected chi connectivity index (χ3v) is 6.30. The van der Waals surface area contributed by atoms with Crippen LogP contribution >= 0.6 is 0 Å². The number of aryl methyl sites for hydroxylation is 1. The highest BCUT2D eigenvalue weighted by Crippen LogP contribution is 2.33. The van der Waals surface area contributed by atoms with Crippen molar-refractivity contribution in [1.82, 2.24) is 14.8 Å². The zero-order chi connectivity index (χ0) is 22.7. The first-order valence-corrected chi connectivity index (χ1v) is 11.1. The maximum atomic E-state index is 13.3. The number of anilines is 1. The second-order valence-electron chi connectivity index (χ2n) is 8.30. The SMILES string of the molecule is COCCn1c(C)c(C)c2cc(C(=O)N3CCNCC3)cc(NCc3ccc(F)cc3)c21. The Bertz CT molecular complexity index is 1100. The zero-order valence-electron chi connectivity index (χ0n) is 19.0. The highest BCUT2D eigenvalue weighted by Gasteiger charge is 2.22. The molecule has 0 aliphatic carbocycles. The van der Waals surface area contributed by atoms with E-state index in [1.54, 1.807) is 19.2 Å². The molecule has 170 valence electrons. The lowest BCUT2D eigenvalue weighted by molar-refractivity contribution is 0.0736. The maximum absolute atomic E-state index is 13.3. The summed E-state index contributed by atoms with van der Waals surface area (Å²) in [6, 6.07) is 10.5. The summed E-state index contributed by atoms with van der Waals surface area (Å²) in [5.74, 6) is -0.195. The molecular weight excluding hydrogens is 407 g/mol. The van der Waals surface area contributed by atoms with Gasteiger partial charge in [-0.3, -0.25) is 4.79 Å². The quantitative estimate of drug-likeness (QED) is 0.591. The van der Waals surface area contributed by atoms with Gasteiger partial charge in [-0.2, -0.15) is 0 Å². The van der Waals surface area contributed by atoms with Crippen molar-refractivity contribution >= 4 is 22.5 Å². The number of carbonyl (C=O) groups is 1. The molecule has 7 heteroatoms. The van der Waals surface area contributed by atoms with E-state index in [1.165, 1.54) is 12.1 Å². The fourth-order valence-corrected chi connectivity index (χ4v) is 4.35. The smallest absolute Gasteiger partial charge is 0.254 e. The lowest BCUT2D eigenvalue weighted by Crippen LogP contribution is -2.46. The summed E-state index contributed by atoms with van der Waals surface area (Å²) < 4.78 is 20.9. The second kappa shape index (κ2) is 9.71. The van der Waals surface area contributed by atoms with E-state index in [0.29, 0.717) is 31.8 Å². The first kappa shape index (κ1) is 22.3. The van der Waals surface area contributed by atoms with Gasteiger partial charge in [0.05, 0.1) is 17.8 Å². The Morgan fingerprint density at radius 1 is 1.16 bits per heavy atom. The summed E-state index contributed by atoms with van der Waals surface area (Å²) in [6.07, 6.45) is 0. The Balaban J connectivity index is 1.76. The van der Waals surface area contributed by atoms with E-state index in [2.05, 4.69) is 29.0 Å². The van der Waals surface area contributed by atoms with Gasteiger partial charge in [-0.15, -0.1) is 0 Å². The Morgan fingerprint density at radius 2 is 1.88 bits per heavy atom. The molecule has 0 radical (unpaired) electrons. The van der Waals surface area contributed by atoms with Crippen LogP contribution in [0.2, 0.25) is 0 Å². The van der Waals surface area contributed by atoms with Crippen molar-refractivity contribution in [2.24, 2.45) is 0 Å². The van der Waals surface area contributed by atoms with E-state index < -0.39 is 0 Å². The Labute approximate surface area is 188 Å². The van der Waals surface area contributed by atoms with Gasteiger partial charge >= 0.3 is 0 Å². The van der Waals surface area contributed by atoms with Crippen LogP contribution in [-0.2, 0) is 17.8 Å². The summed E-state index contributed by atoms with van der Waals surface area (Å²) in [5, 5.41) is 7.88. The zero-order valence-corrected chi connectivity index (χ0v) is 19.0. The van der Waals surface area contributed by atoms with Gasteiger partial charge in [-0.05, 0) is 49.2 Å². The van der Waals surface area contributed by atoms with Gasteiger partial charge in [-0.1, -0.05) is 12.1 Å². The fourth-order valence-electron chi connectivity index (χ4n) is 4.35. The van der Waals surface area contributed by atoms with Gasteiger partial charge in [0.25, 0.3) is 5.91 Å². The molecule has 1 fully saturated rings. The van der Waals surface area contributed by atoms with Crippen LogP contribution in [-0.4, -0.2) is 55.3 Å². The van der Waals surface area contributed by atoms with Crippen LogP contribution in [0.1, 0.15) is 27.2 Å². The molecule has 0 saturated carbocycles. The van der Waals surface area contributed by atoms with Gasteiger partial charge in [0.15, 0.2) is 0 Å². The number of hydrogen-bond acceptors (Lipinski definition) is 4. The predicted octanol–water partition coefficient (Wildman–Crippen LogP) is 3.70. The molecule has 0 unspecified atom stereocenters. The third kappa shape index (κ3) is 4.49. The lowest BCUT2D eigenvalue weighted by atomic mass is 10.1. The molecule has 0 atom stereocenters. The van der Waals surface area contributed by atoms with Crippen molar-refractivity contribution in [3.63, 3.8) is 0 Å². The molecule has 32 heavy (non-hydrogen) atoms. The van der Waals surface area contributed by atoms with E-state index in [9.17, 15) is 9.18 Å². The van der Waals surface area contributed by atoms with Gasteiger partial charge in [-0.25, -0.2) is 4.39 Å². The Morgan fingerprint density at radius 3 is 2.56 bits per heavy atom. The number of nitrogens with one attached hydrogen (secondary N) is 2. The van der Waals surface area contributed by atoms with Gasteiger partial charge < -0.3 is 24.8 Å². The van der Waals surface area contributed by atoms with Crippen LogP contribution in [0.5, 0.6) is 0 Å². The highest BCUT2D eigenvalue weighted by molar-refractivity contribution is 6.04. The van der Waals surface area contributed by atoms with Gasteiger partial charge in [0.1, 0.15) is 5.82 Å². The number of halogens is 1. The number of benzene rings is 2. The normalized spacial score (nSPS) is 14.2. The standard InChI is InChI=1S/C25H31FN4O2/c1-17-18(2)30(12-13-32-3)24-22(17)14-20(25(31)29-10-8-27-9-11-29)15-23(24)28-16-19-4-6-21(26)7-5-19/h4-7,14-15,27-28H,8-13,16H2,1-3H3. The number of fused-ring (bicyclic) bond motifs is 1. The number of rotatable bonds is 7. The topological polar surface area (TPSA) is 58.5 Å². The van der Waals surface area contributed by atoms with E-state index in [0.717, 1.165) is 53.0 Å². The molecule has 6 nitrogen and oxygen atoms in total. The van der Waals surface area contributed by atoms with Crippen LogP contribution in [0.25, 0.3) is 10.9 Å². The number of hydrogen-bond donors (Lipinski definition) is 2. The van der Waals surface area contributed by atoms with Crippen molar-refractivity contribution in [3.8, 4) is 0 Å². The fraction of sp³-hybridized carbons (Fsp3) is 0.400. The average Bonchev–Trinajstić information content (AvgIpc) is 3.07. The van der Waals surface area contributed by atoms with Crippen molar-refractivity contribution in [1.29, 1.82) is 0 Å². The maximum Gasteiger partial charge on any atom is 0.254 e. The number of aromatic nitrogens is 1. The Kier molecular flexibility index (Phi) is 6.77. The summed E-state index contributed by atoms with van der Waals surface area (Å²) in [7, 11) is 1.70. The number of amides is 1. The van der Waals surface area contributed by atoms with Crippen LogP contribution < -0.4 is 10.6 Å². The summed E-state index contributed by atoms with van der Waals surface area (Å²) in [5.41, 5.74) is 5.95. The minimum Gasteiger partial charge on any atom is -0.383 e. The molecule has 3 aromatic rings. The molecular formula is C25H31FN4O2. The van der Waals surface area contributed by atoms with E-state index in [4.69, 9.17) is 4.74 Å². The molecule has 1 aliphatic rings. The van der Waals surface area contributed by atoms with E-state index in [-0.39, 0.29) is 11.7 Å².